The summed E-state index contributed by atoms with van der Waals surface area (Å²) in [5.74, 6) is 9.55. The second kappa shape index (κ2) is 52.6. The van der Waals surface area contributed by atoms with Crippen LogP contribution >= 0.6 is 0 Å². The highest BCUT2D eigenvalue weighted by atomic mass is 16.5. The van der Waals surface area contributed by atoms with E-state index in [1.807, 2.05) is 0 Å². The summed E-state index contributed by atoms with van der Waals surface area (Å²) in [5, 5.41) is 4.46. The Balaban J connectivity index is 1.42. The van der Waals surface area contributed by atoms with Crippen LogP contribution in [0.3, 0.4) is 0 Å². The summed E-state index contributed by atoms with van der Waals surface area (Å²) >= 11 is 0. The van der Waals surface area contributed by atoms with Gasteiger partial charge in [0.05, 0.1) is 35.5 Å². The monoisotopic (exact) mass is 1550 g/mol. The van der Waals surface area contributed by atoms with E-state index >= 15 is 0 Å². The number of aromatic nitrogens is 8. The highest BCUT2D eigenvalue weighted by molar-refractivity contribution is 6.11. The maximum absolute atomic E-state index is 7.12. The average molecular weight is 1550 g/mol. The van der Waals surface area contributed by atoms with Crippen molar-refractivity contribution in [1.82, 2.24) is 39.9 Å². The number of nitrogens with one attached hydrogen (secondary N) is 2. The third-order valence-corrected chi connectivity index (χ3v) is 24.7. The van der Waals surface area contributed by atoms with Crippen LogP contribution in [-0.4, -0.2) is 53.1 Å². The van der Waals surface area contributed by atoms with Gasteiger partial charge in [-0.1, -0.05) is 386 Å². The van der Waals surface area contributed by atoms with Gasteiger partial charge in [0.2, 0.25) is 0 Å². The first kappa shape index (κ1) is 90.9. The number of H-pyrrole nitrogens is 2. The second-order valence-corrected chi connectivity index (χ2v) is 34.2. The fraction of sp³-hybridized carbons (Fsp3) is 0.654. The summed E-state index contributed by atoms with van der Waals surface area (Å²) in [7, 11) is 0. The Kier molecular flexibility index (Phi) is 41.9. The summed E-state index contributed by atoms with van der Waals surface area (Å²) < 4.78 is 14.2. The predicted molar refractivity (Wildman–Crippen MR) is 491 cm³/mol. The van der Waals surface area contributed by atoms with Crippen LogP contribution in [0.2, 0.25) is 0 Å². The van der Waals surface area contributed by atoms with Crippen LogP contribution < -0.4 is 9.47 Å². The molecule has 10 heteroatoms. The fourth-order valence-electron chi connectivity index (χ4n) is 17.9. The van der Waals surface area contributed by atoms with E-state index < -0.39 is 0 Å². The molecule has 114 heavy (non-hydrogen) atoms. The van der Waals surface area contributed by atoms with Gasteiger partial charge in [0.15, 0.2) is 23.3 Å². The molecule has 0 saturated heterocycles. The molecule has 5 heterocycles. The molecule has 4 aromatic carbocycles. The second-order valence-electron chi connectivity index (χ2n) is 34.2. The topological polar surface area (TPSA) is 127 Å². The van der Waals surface area contributed by atoms with Crippen LogP contribution in [0, 0.1) is 24.7 Å². The van der Waals surface area contributed by atoms with Crippen LogP contribution in [0.1, 0.15) is 434 Å². The van der Waals surface area contributed by atoms with E-state index in [1.54, 1.807) is 0 Å². The van der Waals surface area contributed by atoms with E-state index in [9.17, 15) is 0 Å². The molecule has 0 amide bonds. The lowest BCUT2D eigenvalue weighted by Gasteiger charge is -2.19. The number of fused-ring (bicyclic) bond motifs is 20. The lowest BCUT2D eigenvalue weighted by Crippen LogP contribution is -2.07. The molecule has 2 aliphatic rings. The van der Waals surface area contributed by atoms with Gasteiger partial charge in [0.25, 0.3) is 0 Å². The summed E-state index contributed by atoms with van der Waals surface area (Å²) in [5.41, 5.74) is 15.3. The van der Waals surface area contributed by atoms with Crippen LogP contribution in [-0.2, 0) is 38.5 Å². The van der Waals surface area contributed by atoms with Crippen molar-refractivity contribution < 1.29 is 9.47 Å². The molecule has 0 unspecified atom stereocenters. The molecule has 2 N–H and O–H groups in total. The maximum atomic E-state index is 7.12. The molecule has 622 valence electrons. The lowest BCUT2D eigenvalue weighted by molar-refractivity contribution is 0.302. The summed E-state index contributed by atoms with van der Waals surface area (Å²) in [6.45, 7) is 19.1. The molecule has 8 bridgehead atoms. The minimum atomic E-state index is 0.427. The zero-order valence-corrected chi connectivity index (χ0v) is 73.5. The minimum Gasteiger partial charge on any atom is -0.491 e. The fourth-order valence-corrected chi connectivity index (χ4v) is 17.9. The summed E-state index contributed by atoms with van der Waals surface area (Å²) in [4.78, 5) is 44.3. The number of ether oxygens (including phenoxy) is 2. The molecule has 0 spiro atoms. The van der Waals surface area contributed by atoms with Gasteiger partial charge in [-0.3, -0.25) is 0 Å². The van der Waals surface area contributed by atoms with Gasteiger partial charge >= 0.3 is 0 Å². The first-order valence-electron chi connectivity index (χ1n) is 48.0. The molecular weight excluding hydrogens is 1390 g/mol. The highest BCUT2D eigenvalue weighted by Gasteiger charge is 2.35. The van der Waals surface area contributed by atoms with Crippen LogP contribution in [0.25, 0.3) is 89.7 Å². The SMILES string of the molecule is C#Cc1c(C#C)c(OCCCC)c2c(c1OCCCC)-c1nc-2nc2[nH]c(nc3nc(nc4[nH]c(n1)c1c(CCCCCCCCCC)ccc(CCCCCCCCCC)c41)-c1c(CCCCCCCCCC)ccc(CCCCCCCCCC)c1-3)c1c(CCCCCCCCCC)ccc(CCCCCCCCCC)c21. The Morgan fingerprint density at radius 2 is 0.430 bits per heavy atom. The van der Waals surface area contributed by atoms with Gasteiger partial charge in [-0.15, -0.1) is 12.8 Å². The first-order valence-corrected chi connectivity index (χ1v) is 48.0. The van der Waals surface area contributed by atoms with Crippen molar-refractivity contribution in [3.05, 3.63) is 80.9 Å². The number of hydrogen-bond donors (Lipinski definition) is 2. The third kappa shape index (κ3) is 26.7. The lowest BCUT2D eigenvalue weighted by atomic mass is 9.91. The van der Waals surface area contributed by atoms with E-state index in [-0.39, 0.29) is 0 Å². The van der Waals surface area contributed by atoms with Crippen molar-refractivity contribution in [2.45, 2.75) is 428 Å². The number of terminal acetylenes is 2. The number of aromatic amines is 2. The molecule has 7 aromatic rings. The molecule has 0 radical (unpaired) electrons. The van der Waals surface area contributed by atoms with Crippen molar-refractivity contribution in [1.29, 1.82) is 0 Å². The molecule has 9 rings (SSSR count). The maximum Gasteiger partial charge on any atom is 0.168 e. The van der Waals surface area contributed by atoms with Crippen molar-refractivity contribution in [3.63, 3.8) is 0 Å². The Labute approximate surface area is 693 Å². The summed E-state index contributed by atoms with van der Waals surface area (Å²) in [6.07, 6.45) is 82.6. The Morgan fingerprint density at radius 3 is 0.649 bits per heavy atom. The standard InChI is InChI=1S/C104H154N8O2/c1-11-21-29-35-41-47-53-59-65-79-71-72-80(66-60-54-48-42-36-30-22-12-2)88-87(79)97-105-98(88)107-100-90-82(68-62-56-50-44-38-32-24-14-4)74-76-84(70-64-58-52-46-40-34-26-16-6)92(90)102(109-100)111-104-94-93(95(113-77-27-17-7)85(19-9)86(20-10)96(94)114-78-28-18-8)103(112-104)110-101-91-83(69-63-57-51-45-39-33-25-15-5)75-73-81(89(91)99(106-97)108-101)67-61-55-49-43-37-31-23-13-3/h9-10,71-76H,11-18,21-70,77-78H2,1-8H3,(H2,105,106,107,108,109,110,111,112). The first-order chi connectivity index (χ1) is 56.3. The molecule has 0 atom stereocenters. The minimum absolute atomic E-state index is 0.427. The van der Waals surface area contributed by atoms with Crippen LogP contribution in [0.4, 0.5) is 0 Å². The van der Waals surface area contributed by atoms with Crippen LogP contribution in [0.5, 0.6) is 11.5 Å². The van der Waals surface area contributed by atoms with E-state index in [4.69, 9.17) is 52.2 Å². The molecule has 0 aliphatic carbocycles. The van der Waals surface area contributed by atoms with Gasteiger partial charge < -0.3 is 19.4 Å². The Bertz CT molecular complexity index is 3990. The van der Waals surface area contributed by atoms with Crippen molar-refractivity contribution in [3.8, 4) is 81.7 Å². The van der Waals surface area contributed by atoms with Crippen molar-refractivity contribution in [2.75, 3.05) is 13.2 Å². The molecule has 10 nitrogen and oxygen atoms in total. The largest absolute Gasteiger partial charge is 0.491 e. The number of nitrogens with zero attached hydrogens (tertiary/aromatic N) is 6. The highest BCUT2D eigenvalue weighted by Crippen LogP contribution is 2.52. The number of benzene rings is 4. The average Bonchev–Trinajstić information content (AvgIpc) is 1.55. The van der Waals surface area contributed by atoms with Crippen molar-refractivity contribution >= 4 is 44.1 Å². The zero-order valence-electron chi connectivity index (χ0n) is 73.5. The van der Waals surface area contributed by atoms with Gasteiger partial charge in [-0.2, -0.15) is 0 Å². The number of hydrogen-bond acceptors (Lipinski definition) is 8. The smallest absolute Gasteiger partial charge is 0.168 e. The Morgan fingerprint density at radius 1 is 0.237 bits per heavy atom. The normalized spacial score (nSPS) is 11.8. The van der Waals surface area contributed by atoms with E-state index in [0.717, 1.165) is 158 Å². The van der Waals surface area contributed by atoms with Gasteiger partial charge in [0.1, 0.15) is 34.1 Å². The van der Waals surface area contributed by atoms with Gasteiger partial charge in [-0.25, -0.2) is 29.9 Å². The molecule has 3 aromatic heterocycles. The zero-order chi connectivity index (χ0) is 80.2. The van der Waals surface area contributed by atoms with Gasteiger partial charge in [0, 0.05) is 32.7 Å². The van der Waals surface area contributed by atoms with Gasteiger partial charge in [-0.05, 0) is 123 Å². The number of rotatable bonds is 62. The predicted octanol–water partition coefficient (Wildman–Crippen LogP) is 31.3. The van der Waals surface area contributed by atoms with E-state index in [2.05, 4.69) is 114 Å². The molecule has 0 saturated carbocycles. The molecule has 0 fully saturated rings. The van der Waals surface area contributed by atoms with E-state index in [0.29, 0.717) is 69.9 Å². The van der Waals surface area contributed by atoms with Crippen LogP contribution in [0.15, 0.2) is 36.4 Å². The third-order valence-electron chi connectivity index (χ3n) is 24.7. The molecular formula is C104H154N8O2. The van der Waals surface area contributed by atoms with Crippen molar-refractivity contribution in [2.24, 2.45) is 0 Å². The number of unbranched alkanes of at least 4 members (excludes halogenated alkanes) is 44. The Hall–Kier alpha value is -7.04. The van der Waals surface area contributed by atoms with E-state index in [1.165, 1.54) is 303 Å². The number of aryl methyl sites for hydroxylation is 6. The summed E-state index contributed by atoms with van der Waals surface area (Å²) in [6, 6.07) is 14.7. The quantitative estimate of drug-likeness (QED) is 0.0285. The molecule has 2 aliphatic heterocycles.